The summed E-state index contributed by atoms with van der Waals surface area (Å²) >= 11 is 0. The van der Waals surface area contributed by atoms with Crippen LogP contribution in [0.2, 0.25) is 0 Å². The Hall–Kier alpha value is -2.27. The lowest BCUT2D eigenvalue weighted by Crippen LogP contribution is -2.25. The van der Waals surface area contributed by atoms with Crippen molar-refractivity contribution < 1.29 is 9.47 Å². The third-order valence-electron chi connectivity index (χ3n) is 3.22. The molecule has 5 heteroatoms. The summed E-state index contributed by atoms with van der Waals surface area (Å²) in [6, 6.07) is 11.0. The van der Waals surface area contributed by atoms with Crippen LogP contribution in [-0.4, -0.2) is 17.9 Å². The van der Waals surface area contributed by atoms with E-state index in [1.807, 2.05) is 24.3 Å². The van der Waals surface area contributed by atoms with Crippen molar-refractivity contribution in [2.24, 2.45) is 0 Å². The summed E-state index contributed by atoms with van der Waals surface area (Å²) in [5.74, 6) is 1.61. The Kier molecular flexibility index (Phi) is 3.69. The summed E-state index contributed by atoms with van der Waals surface area (Å²) in [6.45, 7) is 2.33. The fourth-order valence-corrected chi connectivity index (χ4v) is 2.20. The molecule has 1 aliphatic rings. The number of hydrogen-bond donors (Lipinski definition) is 1. The number of nitrogens with one attached hydrogen (secondary N) is 1. The van der Waals surface area contributed by atoms with Crippen LogP contribution in [0, 0.1) is 0 Å². The SMILES string of the molecule is O=c1ccccn1CCNCc1cccc2c1OCO2. The predicted octanol–water partition coefficient (Wildman–Crippen LogP) is 1.37. The normalized spacial score (nSPS) is 12.6. The van der Waals surface area contributed by atoms with E-state index in [0.717, 1.165) is 17.1 Å². The molecule has 0 radical (unpaired) electrons. The molecule has 0 saturated carbocycles. The van der Waals surface area contributed by atoms with Crippen LogP contribution in [-0.2, 0) is 13.1 Å². The Morgan fingerprint density at radius 1 is 1.15 bits per heavy atom. The maximum absolute atomic E-state index is 11.5. The Morgan fingerprint density at radius 3 is 3.00 bits per heavy atom. The van der Waals surface area contributed by atoms with Gasteiger partial charge < -0.3 is 19.4 Å². The number of rotatable bonds is 5. The van der Waals surface area contributed by atoms with Gasteiger partial charge in [0.25, 0.3) is 5.56 Å². The molecule has 20 heavy (non-hydrogen) atoms. The average molecular weight is 272 g/mol. The summed E-state index contributed by atoms with van der Waals surface area (Å²) in [6.07, 6.45) is 1.79. The lowest BCUT2D eigenvalue weighted by molar-refractivity contribution is 0.173. The molecular formula is C15H16N2O3. The van der Waals surface area contributed by atoms with Crippen molar-refractivity contribution >= 4 is 0 Å². The molecule has 0 unspecified atom stereocenters. The average Bonchev–Trinajstić information content (AvgIpc) is 2.94. The second kappa shape index (κ2) is 5.79. The van der Waals surface area contributed by atoms with Gasteiger partial charge in [0, 0.05) is 37.5 Å². The number of fused-ring (bicyclic) bond motifs is 1. The van der Waals surface area contributed by atoms with Crippen LogP contribution in [0.3, 0.4) is 0 Å². The first-order chi connectivity index (χ1) is 9.84. The largest absolute Gasteiger partial charge is 0.454 e. The van der Waals surface area contributed by atoms with Crippen molar-refractivity contribution in [3.8, 4) is 11.5 Å². The molecule has 1 aliphatic heterocycles. The van der Waals surface area contributed by atoms with Crippen LogP contribution < -0.4 is 20.3 Å². The molecule has 3 rings (SSSR count). The van der Waals surface area contributed by atoms with E-state index in [1.54, 1.807) is 22.9 Å². The monoisotopic (exact) mass is 272 g/mol. The first kappa shape index (κ1) is 12.7. The van der Waals surface area contributed by atoms with E-state index in [-0.39, 0.29) is 12.4 Å². The number of pyridine rings is 1. The highest BCUT2D eigenvalue weighted by atomic mass is 16.7. The summed E-state index contributed by atoms with van der Waals surface area (Å²) in [5.41, 5.74) is 1.09. The van der Waals surface area contributed by atoms with Gasteiger partial charge in [0.05, 0.1) is 0 Å². The van der Waals surface area contributed by atoms with Crippen molar-refractivity contribution in [2.75, 3.05) is 13.3 Å². The zero-order valence-corrected chi connectivity index (χ0v) is 11.0. The van der Waals surface area contributed by atoms with E-state index in [2.05, 4.69) is 5.32 Å². The fourth-order valence-electron chi connectivity index (χ4n) is 2.20. The minimum absolute atomic E-state index is 0.0200. The van der Waals surface area contributed by atoms with Gasteiger partial charge in [-0.25, -0.2) is 0 Å². The van der Waals surface area contributed by atoms with E-state index in [9.17, 15) is 4.79 Å². The minimum atomic E-state index is 0.0200. The predicted molar refractivity (Wildman–Crippen MR) is 75.0 cm³/mol. The summed E-state index contributed by atoms with van der Waals surface area (Å²) in [7, 11) is 0. The summed E-state index contributed by atoms with van der Waals surface area (Å²) in [5, 5.41) is 3.31. The van der Waals surface area contributed by atoms with Crippen molar-refractivity contribution in [3.63, 3.8) is 0 Å². The first-order valence-electron chi connectivity index (χ1n) is 6.58. The van der Waals surface area contributed by atoms with Gasteiger partial charge in [0.1, 0.15) is 0 Å². The molecule has 2 aromatic rings. The topological polar surface area (TPSA) is 52.5 Å². The third-order valence-corrected chi connectivity index (χ3v) is 3.22. The summed E-state index contributed by atoms with van der Waals surface area (Å²) < 4.78 is 12.5. The molecule has 0 aliphatic carbocycles. The molecule has 0 saturated heterocycles. The highest BCUT2D eigenvalue weighted by Gasteiger charge is 2.16. The van der Waals surface area contributed by atoms with Crippen LogP contribution in [0.1, 0.15) is 5.56 Å². The van der Waals surface area contributed by atoms with Gasteiger partial charge in [0.15, 0.2) is 11.5 Å². The molecule has 5 nitrogen and oxygen atoms in total. The maximum Gasteiger partial charge on any atom is 0.250 e. The van der Waals surface area contributed by atoms with Gasteiger partial charge in [-0.3, -0.25) is 4.79 Å². The molecule has 1 aromatic heterocycles. The van der Waals surface area contributed by atoms with Crippen LogP contribution in [0.15, 0.2) is 47.4 Å². The quantitative estimate of drug-likeness (QED) is 0.835. The van der Waals surface area contributed by atoms with Crippen molar-refractivity contribution in [1.29, 1.82) is 0 Å². The number of aromatic nitrogens is 1. The second-order valence-corrected chi connectivity index (χ2v) is 4.56. The first-order valence-corrected chi connectivity index (χ1v) is 6.58. The van der Waals surface area contributed by atoms with Crippen LogP contribution in [0.5, 0.6) is 11.5 Å². The molecular weight excluding hydrogens is 256 g/mol. The van der Waals surface area contributed by atoms with Gasteiger partial charge in [-0.05, 0) is 12.1 Å². The van der Waals surface area contributed by atoms with Crippen molar-refractivity contribution in [2.45, 2.75) is 13.1 Å². The van der Waals surface area contributed by atoms with E-state index < -0.39 is 0 Å². The smallest absolute Gasteiger partial charge is 0.250 e. The number of hydrogen-bond acceptors (Lipinski definition) is 4. The Morgan fingerprint density at radius 2 is 2.10 bits per heavy atom. The van der Waals surface area contributed by atoms with E-state index in [0.29, 0.717) is 19.6 Å². The molecule has 0 bridgehead atoms. The number of benzene rings is 1. The zero-order chi connectivity index (χ0) is 13.8. The summed E-state index contributed by atoms with van der Waals surface area (Å²) in [4.78, 5) is 11.5. The van der Waals surface area contributed by atoms with Crippen LogP contribution in [0.4, 0.5) is 0 Å². The van der Waals surface area contributed by atoms with Crippen molar-refractivity contribution in [1.82, 2.24) is 9.88 Å². The van der Waals surface area contributed by atoms with Gasteiger partial charge in [-0.2, -0.15) is 0 Å². The second-order valence-electron chi connectivity index (χ2n) is 4.56. The minimum Gasteiger partial charge on any atom is -0.454 e. The molecule has 1 N–H and O–H groups in total. The highest BCUT2D eigenvalue weighted by molar-refractivity contribution is 5.48. The molecule has 0 fully saturated rings. The maximum atomic E-state index is 11.5. The molecule has 104 valence electrons. The van der Waals surface area contributed by atoms with Gasteiger partial charge in [-0.15, -0.1) is 0 Å². The Labute approximate surface area is 116 Å². The lowest BCUT2D eigenvalue weighted by Gasteiger charge is -2.08. The van der Waals surface area contributed by atoms with Crippen LogP contribution >= 0.6 is 0 Å². The van der Waals surface area contributed by atoms with E-state index >= 15 is 0 Å². The molecule has 0 spiro atoms. The molecule has 1 aromatic carbocycles. The number of para-hydroxylation sites is 1. The van der Waals surface area contributed by atoms with Crippen molar-refractivity contribution in [3.05, 3.63) is 58.5 Å². The van der Waals surface area contributed by atoms with Gasteiger partial charge in [0.2, 0.25) is 6.79 Å². The van der Waals surface area contributed by atoms with Crippen LogP contribution in [0.25, 0.3) is 0 Å². The van der Waals surface area contributed by atoms with Gasteiger partial charge in [-0.1, -0.05) is 18.2 Å². The fraction of sp³-hybridized carbons (Fsp3) is 0.267. The Balaban J connectivity index is 1.55. The van der Waals surface area contributed by atoms with Gasteiger partial charge >= 0.3 is 0 Å². The lowest BCUT2D eigenvalue weighted by atomic mass is 10.2. The molecule has 2 heterocycles. The third kappa shape index (κ3) is 2.67. The van der Waals surface area contributed by atoms with E-state index in [4.69, 9.17) is 9.47 Å². The molecule has 0 amide bonds. The standard InChI is InChI=1S/C15H16N2O3/c18-14-6-1-2-8-17(14)9-7-16-10-12-4-3-5-13-15(12)20-11-19-13/h1-6,8,16H,7,9-11H2. The zero-order valence-electron chi connectivity index (χ0n) is 11.0. The Bertz CT molecular complexity index is 652. The number of ether oxygens (including phenoxy) is 2. The number of nitrogens with zero attached hydrogens (tertiary/aromatic N) is 1. The molecule has 0 atom stereocenters. The highest BCUT2D eigenvalue weighted by Crippen LogP contribution is 2.35. The van der Waals surface area contributed by atoms with E-state index in [1.165, 1.54) is 0 Å².